The van der Waals surface area contributed by atoms with Gasteiger partial charge in [0.2, 0.25) is 0 Å². The number of anilines is 1. The van der Waals surface area contributed by atoms with E-state index in [1.54, 1.807) is 20.8 Å². The molecule has 0 radical (unpaired) electrons. The topological polar surface area (TPSA) is 99.2 Å². The fraction of sp³-hybridized carbons (Fsp3) is 0.412. The average molecular weight is 413 g/mol. The van der Waals surface area contributed by atoms with Crippen LogP contribution < -0.4 is 5.73 Å². The molecule has 0 saturated heterocycles. The highest BCUT2D eigenvalue weighted by Crippen LogP contribution is 2.36. The Morgan fingerprint density at radius 3 is 2.71 bits per heavy atom. The molecule has 8 nitrogen and oxygen atoms in total. The van der Waals surface area contributed by atoms with Gasteiger partial charge in [-0.1, -0.05) is 17.7 Å². The molecule has 3 rings (SSSR count). The first-order valence-corrected chi connectivity index (χ1v) is 8.74. The molecule has 1 amide bonds. The van der Waals surface area contributed by atoms with Crippen LogP contribution in [0.2, 0.25) is 5.15 Å². The first-order chi connectivity index (χ1) is 13.0. The summed E-state index contributed by atoms with van der Waals surface area (Å²) in [5.74, 6) is -3.22. The van der Waals surface area contributed by atoms with Crippen molar-refractivity contribution in [3.63, 3.8) is 0 Å². The van der Waals surface area contributed by atoms with Gasteiger partial charge in [0.15, 0.2) is 11.0 Å². The zero-order valence-corrected chi connectivity index (χ0v) is 16.2. The van der Waals surface area contributed by atoms with Gasteiger partial charge in [-0.15, -0.1) is 10.2 Å². The van der Waals surface area contributed by atoms with E-state index < -0.39 is 24.2 Å². The zero-order chi connectivity index (χ0) is 20.7. The predicted octanol–water partition coefficient (Wildman–Crippen LogP) is 3.17. The second kappa shape index (κ2) is 7.01. The minimum absolute atomic E-state index is 0.00417. The molecule has 0 unspecified atom stereocenters. The Hall–Kier alpha value is -2.75. The van der Waals surface area contributed by atoms with Crippen molar-refractivity contribution in [1.29, 1.82) is 0 Å². The third-order valence-corrected chi connectivity index (χ3v) is 4.05. The number of nitrogens with zero attached hydrogens (tertiary/aromatic N) is 5. The highest BCUT2D eigenvalue weighted by molar-refractivity contribution is 6.29. The number of nitrogens with two attached hydrogens (primary N) is 1. The number of aromatic nitrogens is 4. The Bertz CT molecular complexity index is 938. The summed E-state index contributed by atoms with van der Waals surface area (Å²) >= 11 is 5.81. The minimum atomic E-state index is -3.28. The number of carbonyl (C=O) groups excluding carboxylic acids is 1. The molecule has 0 fully saturated rings. The summed E-state index contributed by atoms with van der Waals surface area (Å²) in [6.45, 7) is 4.23. The molecular formula is C17H19ClF2N6O2. The molecule has 1 aliphatic rings. The first kappa shape index (κ1) is 20.0. The van der Waals surface area contributed by atoms with Crippen LogP contribution in [0.15, 0.2) is 24.5 Å². The van der Waals surface area contributed by atoms with E-state index in [-0.39, 0.29) is 28.7 Å². The van der Waals surface area contributed by atoms with Gasteiger partial charge in [0.25, 0.3) is 5.92 Å². The number of halogens is 3. The zero-order valence-electron chi connectivity index (χ0n) is 15.5. The van der Waals surface area contributed by atoms with E-state index in [9.17, 15) is 13.6 Å². The Balaban J connectivity index is 1.85. The van der Waals surface area contributed by atoms with E-state index in [0.717, 1.165) is 4.90 Å². The van der Waals surface area contributed by atoms with E-state index in [1.807, 2.05) is 0 Å². The third kappa shape index (κ3) is 4.22. The molecule has 0 aliphatic carbocycles. The van der Waals surface area contributed by atoms with Gasteiger partial charge in [0.05, 0.1) is 12.7 Å². The lowest BCUT2D eigenvalue weighted by molar-refractivity contribution is -0.0105. The number of alkyl halides is 2. The van der Waals surface area contributed by atoms with Crippen molar-refractivity contribution in [3.05, 3.63) is 35.3 Å². The standard InChI is InChI=1S/C17H19ClF2N6O2/c1-16(2,3)28-15(27)25-5-4-11(17(19,20)9-25)10-7-22-26(8-10)12-6-13(18)23-24-14(12)21/h4,6-8H,5,9H2,1-3H3,(H2,21,24). The van der Waals surface area contributed by atoms with Crippen LogP contribution in [-0.2, 0) is 4.74 Å². The summed E-state index contributed by atoms with van der Waals surface area (Å²) in [6, 6.07) is 1.43. The van der Waals surface area contributed by atoms with E-state index in [2.05, 4.69) is 15.3 Å². The number of hydrogen-bond acceptors (Lipinski definition) is 6. The number of carbonyl (C=O) groups is 1. The maximum absolute atomic E-state index is 14.7. The van der Waals surface area contributed by atoms with Gasteiger partial charge in [-0.05, 0) is 20.8 Å². The van der Waals surface area contributed by atoms with Crippen molar-refractivity contribution in [3.8, 4) is 5.69 Å². The SMILES string of the molecule is CC(C)(C)OC(=O)N1CC=C(c2cnn(-c3cc(Cl)nnc3N)c2)C(F)(F)C1. The fourth-order valence-electron chi connectivity index (χ4n) is 2.68. The quantitative estimate of drug-likeness (QED) is 0.813. The lowest BCUT2D eigenvalue weighted by atomic mass is 9.99. The van der Waals surface area contributed by atoms with Crippen molar-refractivity contribution in [1.82, 2.24) is 24.9 Å². The van der Waals surface area contributed by atoms with Crippen LogP contribution in [0.25, 0.3) is 11.3 Å². The monoisotopic (exact) mass is 412 g/mol. The van der Waals surface area contributed by atoms with Gasteiger partial charge in [-0.2, -0.15) is 13.9 Å². The molecule has 2 N–H and O–H groups in total. The summed E-state index contributed by atoms with van der Waals surface area (Å²) in [5.41, 5.74) is 5.27. The summed E-state index contributed by atoms with van der Waals surface area (Å²) in [6.07, 6.45) is 3.18. The molecule has 0 spiro atoms. The van der Waals surface area contributed by atoms with Crippen molar-refractivity contribution in [2.24, 2.45) is 0 Å². The molecule has 0 aromatic carbocycles. The van der Waals surface area contributed by atoms with E-state index in [0.29, 0.717) is 5.69 Å². The van der Waals surface area contributed by atoms with Crippen LogP contribution in [0.3, 0.4) is 0 Å². The van der Waals surface area contributed by atoms with Gasteiger partial charge in [0.1, 0.15) is 11.3 Å². The van der Waals surface area contributed by atoms with Crippen LogP contribution in [0.5, 0.6) is 0 Å². The van der Waals surface area contributed by atoms with Gasteiger partial charge in [-0.25, -0.2) is 9.48 Å². The first-order valence-electron chi connectivity index (χ1n) is 8.37. The Morgan fingerprint density at radius 2 is 2.07 bits per heavy atom. The molecule has 0 atom stereocenters. The summed E-state index contributed by atoms with van der Waals surface area (Å²) in [5, 5.41) is 11.4. The van der Waals surface area contributed by atoms with Crippen LogP contribution in [0, 0.1) is 0 Å². The number of hydrogen-bond donors (Lipinski definition) is 1. The van der Waals surface area contributed by atoms with E-state index >= 15 is 0 Å². The molecule has 2 aromatic rings. The van der Waals surface area contributed by atoms with Crippen molar-refractivity contribution >= 4 is 29.1 Å². The van der Waals surface area contributed by atoms with Crippen LogP contribution in [0.4, 0.5) is 19.4 Å². The highest BCUT2D eigenvalue weighted by Gasteiger charge is 2.42. The summed E-state index contributed by atoms with van der Waals surface area (Å²) in [4.78, 5) is 13.1. The fourth-order valence-corrected chi connectivity index (χ4v) is 2.82. The highest BCUT2D eigenvalue weighted by atomic mass is 35.5. The third-order valence-electron chi connectivity index (χ3n) is 3.86. The van der Waals surface area contributed by atoms with Crippen molar-refractivity contribution < 1.29 is 18.3 Å². The lowest BCUT2D eigenvalue weighted by Gasteiger charge is -2.33. The molecule has 0 bridgehead atoms. The molecule has 11 heteroatoms. The number of amides is 1. The van der Waals surface area contributed by atoms with Gasteiger partial charge in [0, 0.05) is 29.9 Å². The number of nitrogen functional groups attached to an aromatic ring is 1. The Morgan fingerprint density at radius 1 is 1.36 bits per heavy atom. The van der Waals surface area contributed by atoms with E-state index in [1.165, 1.54) is 29.2 Å². The maximum Gasteiger partial charge on any atom is 0.410 e. The second-order valence-electron chi connectivity index (χ2n) is 7.29. The molecule has 150 valence electrons. The maximum atomic E-state index is 14.7. The molecular weight excluding hydrogens is 394 g/mol. The lowest BCUT2D eigenvalue weighted by Crippen LogP contribution is -2.46. The van der Waals surface area contributed by atoms with Crippen LogP contribution >= 0.6 is 11.6 Å². The van der Waals surface area contributed by atoms with Crippen molar-refractivity contribution in [2.45, 2.75) is 32.3 Å². The summed E-state index contributed by atoms with van der Waals surface area (Å²) < 4.78 is 35.9. The predicted molar refractivity (Wildman–Crippen MR) is 99.3 cm³/mol. The van der Waals surface area contributed by atoms with Gasteiger partial charge >= 0.3 is 6.09 Å². The molecule has 3 heterocycles. The average Bonchev–Trinajstić information content (AvgIpc) is 3.03. The molecule has 0 saturated carbocycles. The Labute approximate surface area is 164 Å². The largest absolute Gasteiger partial charge is 0.444 e. The molecule has 2 aromatic heterocycles. The van der Waals surface area contributed by atoms with Crippen LogP contribution in [-0.4, -0.2) is 55.6 Å². The Kier molecular flexibility index (Phi) is 5.00. The minimum Gasteiger partial charge on any atom is -0.444 e. The summed E-state index contributed by atoms with van der Waals surface area (Å²) in [7, 11) is 0. The molecule has 28 heavy (non-hydrogen) atoms. The second-order valence-corrected chi connectivity index (χ2v) is 7.68. The van der Waals surface area contributed by atoms with Gasteiger partial charge < -0.3 is 10.5 Å². The normalized spacial score (nSPS) is 16.6. The van der Waals surface area contributed by atoms with E-state index in [4.69, 9.17) is 22.1 Å². The molecule has 1 aliphatic heterocycles. The van der Waals surface area contributed by atoms with Crippen LogP contribution in [0.1, 0.15) is 26.3 Å². The van der Waals surface area contributed by atoms with Gasteiger partial charge in [-0.3, -0.25) is 4.90 Å². The number of rotatable bonds is 2. The smallest absolute Gasteiger partial charge is 0.410 e. The number of ether oxygens (including phenoxy) is 1. The van der Waals surface area contributed by atoms with Crippen molar-refractivity contribution in [2.75, 3.05) is 18.8 Å².